The maximum Gasteiger partial charge on any atom is 0.128 e. The normalized spacial score (nSPS) is 18.8. The molecule has 1 aliphatic rings. The number of benzene rings is 1. The summed E-state index contributed by atoms with van der Waals surface area (Å²) in [4.78, 5) is 0. The van der Waals surface area contributed by atoms with Crippen LogP contribution in [0.4, 0.5) is 0 Å². The summed E-state index contributed by atoms with van der Waals surface area (Å²) in [6.45, 7) is 0. The average Bonchev–Trinajstić information content (AvgIpc) is 2.38. The van der Waals surface area contributed by atoms with E-state index >= 15 is 0 Å². The summed E-state index contributed by atoms with van der Waals surface area (Å²) in [6, 6.07) is 5.61. The minimum absolute atomic E-state index is 0.707. The van der Waals surface area contributed by atoms with E-state index in [1.54, 1.807) is 14.2 Å². The van der Waals surface area contributed by atoms with Crippen molar-refractivity contribution in [2.75, 3.05) is 25.7 Å². The molecule has 0 atom stereocenters. The average molecular weight is 254 g/mol. The fourth-order valence-corrected chi connectivity index (χ4v) is 3.33. The Hall–Kier alpha value is -0.870. The lowest BCUT2D eigenvalue weighted by atomic mass is 9.87. The van der Waals surface area contributed by atoms with Gasteiger partial charge in [-0.2, -0.15) is 11.8 Å². The van der Waals surface area contributed by atoms with Crippen LogP contribution in [0.25, 0.3) is 0 Å². The number of hydrogen-bond acceptors (Lipinski definition) is 4. The van der Waals surface area contributed by atoms with Gasteiger partial charge in [0.2, 0.25) is 0 Å². The first-order valence-corrected chi connectivity index (χ1v) is 6.88. The van der Waals surface area contributed by atoms with Crippen molar-refractivity contribution < 1.29 is 14.6 Å². The monoisotopic (exact) mass is 254 g/mol. The first kappa shape index (κ1) is 12.6. The Morgan fingerprint density at radius 3 is 2.47 bits per heavy atom. The third-order valence-corrected chi connectivity index (χ3v) is 4.22. The molecule has 1 aliphatic heterocycles. The number of rotatable bonds is 3. The summed E-state index contributed by atoms with van der Waals surface area (Å²) in [5.41, 5.74) is 0.129. The van der Waals surface area contributed by atoms with Crippen molar-refractivity contribution >= 4 is 11.8 Å². The van der Waals surface area contributed by atoms with E-state index in [0.29, 0.717) is 5.75 Å². The van der Waals surface area contributed by atoms with Crippen LogP contribution in [0.5, 0.6) is 11.5 Å². The molecule has 0 aliphatic carbocycles. The quantitative estimate of drug-likeness (QED) is 0.899. The van der Waals surface area contributed by atoms with E-state index in [4.69, 9.17) is 9.47 Å². The predicted octanol–water partition coefficient (Wildman–Crippen LogP) is 2.42. The van der Waals surface area contributed by atoms with Gasteiger partial charge in [0.15, 0.2) is 0 Å². The first-order chi connectivity index (χ1) is 8.19. The highest BCUT2D eigenvalue weighted by Gasteiger charge is 2.34. The topological polar surface area (TPSA) is 38.7 Å². The van der Waals surface area contributed by atoms with E-state index in [9.17, 15) is 5.11 Å². The second kappa shape index (κ2) is 5.19. The van der Waals surface area contributed by atoms with Gasteiger partial charge in [0.05, 0.1) is 19.8 Å². The van der Waals surface area contributed by atoms with Crippen molar-refractivity contribution in [3.63, 3.8) is 0 Å². The molecular formula is C13H18O3S. The minimum Gasteiger partial charge on any atom is -0.497 e. The molecule has 0 spiro atoms. The summed E-state index contributed by atoms with van der Waals surface area (Å²) in [5.74, 6) is 3.44. The zero-order valence-electron chi connectivity index (χ0n) is 10.2. The van der Waals surface area contributed by atoms with Crippen molar-refractivity contribution in [1.29, 1.82) is 0 Å². The van der Waals surface area contributed by atoms with E-state index < -0.39 is 5.60 Å². The Labute approximate surface area is 106 Å². The number of ether oxygens (including phenoxy) is 2. The van der Waals surface area contributed by atoms with Crippen LogP contribution in [-0.4, -0.2) is 30.8 Å². The highest BCUT2D eigenvalue weighted by atomic mass is 32.2. The lowest BCUT2D eigenvalue weighted by Crippen LogP contribution is -2.31. The van der Waals surface area contributed by atoms with Crippen molar-refractivity contribution in [2.45, 2.75) is 18.4 Å². The van der Waals surface area contributed by atoms with E-state index in [2.05, 4.69) is 0 Å². The van der Waals surface area contributed by atoms with Gasteiger partial charge in [-0.3, -0.25) is 0 Å². The summed E-state index contributed by atoms with van der Waals surface area (Å²) in [7, 11) is 3.25. The second-order valence-corrected chi connectivity index (χ2v) is 5.43. The van der Waals surface area contributed by atoms with E-state index in [-0.39, 0.29) is 0 Å². The molecule has 17 heavy (non-hydrogen) atoms. The molecule has 3 nitrogen and oxygen atoms in total. The highest BCUT2D eigenvalue weighted by molar-refractivity contribution is 7.99. The Morgan fingerprint density at radius 1 is 1.18 bits per heavy atom. The van der Waals surface area contributed by atoms with Gasteiger partial charge < -0.3 is 14.6 Å². The molecule has 4 heteroatoms. The maximum absolute atomic E-state index is 10.7. The molecular weight excluding hydrogens is 236 g/mol. The largest absolute Gasteiger partial charge is 0.497 e. The Bertz CT molecular complexity index is 386. The van der Waals surface area contributed by atoms with Crippen molar-refractivity contribution in [3.05, 3.63) is 23.8 Å². The first-order valence-electron chi connectivity index (χ1n) is 5.72. The zero-order chi connectivity index (χ0) is 12.3. The number of thioether (sulfide) groups is 1. The van der Waals surface area contributed by atoms with Crippen LogP contribution in [0.15, 0.2) is 18.2 Å². The summed E-state index contributed by atoms with van der Waals surface area (Å²) in [5, 5.41) is 10.7. The Morgan fingerprint density at radius 2 is 1.88 bits per heavy atom. The molecule has 1 heterocycles. The molecule has 0 radical (unpaired) electrons. The van der Waals surface area contributed by atoms with Crippen LogP contribution in [0.1, 0.15) is 18.4 Å². The lowest BCUT2D eigenvalue weighted by molar-refractivity contribution is 0.0257. The lowest BCUT2D eigenvalue weighted by Gasteiger charge is -2.33. The minimum atomic E-state index is -0.747. The molecule has 0 bridgehead atoms. The van der Waals surface area contributed by atoms with Crippen LogP contribution in [0.3, 0.4) is 0 Å². The number of methoxy groups -OCH3 is 2. The molecule has 1 aromatic rings. The van der Waals surface area contributed by atoms with Gasteiger partial charge in [-0.25, -0.2) is 0 Å². The molecule has 2 rings (SSSR count). The SMILES string of the molecule is COc1ccc(C2(O)CCSCC2)c(OC)c1. The third kappa shape index (κ3) is 2.53. The van der Waals surface area contributed by atoms with Gasteiger partial charge in [0.25, 0.3) is 0 Å². The summed E-state index contributed by atoms with van der Waals surface area (Å²) >= 11 is 1.89. The Kier molecular flexibility index (Phi) is 3.84. The van der Waals surface area contributed by atoms with Gasteiger partial charge in [-0.05, 0) is 36.5 Å². The van der Waals surface area contributed by atoms with Crippen LogP contribution < -0.4 is 9.47 Å². The number of aliphatic hydroxyl groups is 1. The van der Waals surface area contributed by atoms with E-state index in [0.717, 1.165) is 35.7 Å². The summed E-state index contributed by atoms with van der Waals surface area (Å²) < 4.78 is 10.5. The Balaban J connectivity index is 2.36. The molecule has 94 valence electrons. The van der Waals surface area contributed by atoms with Crippen molar-refractivity contribution in [2.24, 2.45) is 0 Å². The molecule has 0 amide bonds. The van der Waals surface area contributed by atoms with Gasteiger partial charge in [0.1, 0.15) is 11.5 Å². The molecule has 0 aromatic heterocycles. The van der Waals surface area contributed by atoms with Gasteiger partial charge in [-0.1, -0.05) is 0 Å². The fraction of sp³-hybridized carbons (Fsp3) is 0.538. The van der Waals surface area contributed by atoms with E-state index in [1.807, 2.05) is 30.0 Å². The third-order valence-electron chi connectivity index (χ3n) is 3.23. The second-order valence-electron chi connectivity index (χ2n) is 4.21. The number of hydrogen-bond donors (Lipinski definition) is 1. The van der Waals surface area contributed by atoms with Gasteiger partial charge in [-0.15, -0.1) is 0 Å². The molecule has 0 saturated carbocycles. The standard InChI is InChI=1S/C13H18O3S/c1-15-10-3-4-11(12(9-10)16-2)13(14)5-7-17-8-6-13/h3-4,9,14H,5-8H2,1-2H3. The van der Waals surface area contributed by atoms with Gasteiger partial charge in [0, 0.05) is 11.6 Å². The maximum atomic E-state index is 10.7. The van der Waals surface area contributed by atoms with Crippen LogP contribution in [0, 0.1) is 0 Å². The zero-order valence-corrected chi connectivity index (χ0v) is 11.0. The summed E-state index contributed by atoms with van der Waals surface area (Å²) in [6.07, 6.45) is 1.56. The van der Waals surface area contributed by atoms with Crippen molar-refractivity contribution in [1.82, 2.24) is 0 Å². The molecule has 0 unspecified atom stereocenters. The van der Waals surface area contributed by atoms with Crippen LogP contribution in [-0.2, 0) is 5.60 Å². The smallest absolute Gasteiger partial charge is 0.128 e. The molecule has 1 aromatic carbocycles. The van der Waals surface area contributed by atoms with Crippen LogP contribution >= 0.6 is 11.8 Å². The highest BCUT2D eigenvalue weighted by Crippen LogP contribution is 2.41. The van der Waals surface area contributed by atoms with E-state index in [1.165, 1.54) is 0 Å². The van der Waals surface area contributed by atoms with Crippen molar-refractivity contribution in [3.8, 4) is 11.5 Å². The molecule has 1 fully saturated rings. The molecule has 1 N–H and O–H groups in total. The fourth-order valence-electron chi connectivity index (χ4n) is 2.16. The predicted molar refractivity (Wildman–Crippen MR) is 70.0 cm³/mol. The van der Waals surface area contributed by atoms with Gasteiger partial charge >= 0.3 is 0 Å². The molecule has 1 saturated heterocycles. The van der Waals surface area contributed by atoms with Crippen LogP contribution in [0.2, 0.25) is 0 Å².